The van der Waals surface area contributed by atoms with Crippen molar-refractivity contribution in [3.63, 3.8) is 0 Å². The molecule has 0 atom stereocenters. The van der Waals surface area contributed by atoms with Gasteiger partial charge < -0.3 is 9.94 Å². The van der Waals surface area contributed by atoms with Gasteiger partial charge >= 0.3 is 0 Å². The minimum atomic E-state index is -0.654. The van der Waals surface area contributed by atoms with Gasteiger partial charge in [-0.25, -0.2) is 9.37 Å². The van der Waals surface area contributed by atoms with Gasteiger partial charge in [-0.3, -0.25) is 0 Å². The van der Waals surface area contributed by atoms with Crippen molar-refractivity contribution in [3.05, 3.63) is 53.9 Å². The molecular formula is C10H7FN2O2. The zero-order chi connectivity index (χ0) is 10.7. The minimum Gasteiger partial charge on any atom is -0.619 e. The van der Waals surface area contributed by atoms with Crippen molar-refractivity contribution < 1.29 is 13.9 Å². The second-order valence-electron chi connectivity index (χ2n) is 2.82. The Labute approximate surface area is 85.2 Å². The molecule has 15 heavy (non-hydrogen) atoms. The summed E-state index contributed by atoms with van der Waals surface area (Å²) in [5.74, 6) is -0.231. The Morgan fingerprint density at radius 3 is 2.87 bits per heavy atom. The number of hydrogen-bond donors (Lipinski definition) is 0. The summed E-state index contributed by atoms with van der Waals surface area (Å²) in [5.41, 5.74) is 0. The Morgan fingerprint density at radius 2 is 2.20 bits per heavy atom. The Kier molecular flexibility index (Phi) is 2.45. The molecule has 0 saturated carbocycles. The highest BCUT2D eigenvalue weighted by molar-refractivity contribution is 5.22. The van der Waals surface area contributed by atoms with Crippen molar-refractivity contribution in [2.45, 2.75) is 0 Å². The Balaban J connectivity index is 2.25. The van der Waals surface area contributed by atoms with Crippen molar-refractivity contribution in [3.8, 4) is 11.6 Å². The Hall–Kier alpha value is -2.17. The number of nitrogens with zero attached hydrogens (tertiary/aromatic N) is 2. The summed E-state index contributed by atoms with van der Waals surface area (Å²) >= 11 is 0. The number of pyridine rings is 2. The maximum Gasteiger partial charge on any atom is 0.223 e. The Morgan fingerprint density at radius 1 is 1.33 bits per heavy atom. The van der Waals surface area contributed by atoms with Gasteiger partial charge in [-0.05, 0) is 6.07 Å². The van der Waals surface area contributed by atoms with Crippen LogP contribution in [0.15, 0.2) is 42.9 Å². The lowest BCUT2D eigenvalue weighted by atomic mass is 10.4. The topological polar surface area (TPSA) is 49.1 Å². The first-order chi connectivity index (χ1) is 7.24. The molecule has 0 aromatic carbocycles. The molecule has 0 amide bonds. The first kappa shape index (κ1) is 9.39. The van der Waals surface area contributed by atoms with Crippen molar-refractivity contribution in [1.29, 1.82) is 0 Å². The van der Waals surface area contributed by atoms with Gasteiger partial charge in [-0.2, -0.15) is 4.73 Å². The van der Waals surface area contributed by atoms with Crippen molar-refractivity contribution >= 4 is 0 Å². The fourth-order valence-electron chi connectivity index (χ4n) is 1.08. The molecule has 0 N–H and O–H groups in total. The van der Waals surface area contributed by atoms with E-state index >= 15 is 0 Å². The summed E-state index contributed by atoms with van der Waals surface area (Å²) in [5, 5.41) is 10.9. The van der Waals surface area contributed by atoms with Gasteiger partial charge in [0.05, 0.1) is 0 Å². The molecule has 0 aliphatic rings. The number of aromatic nitrogens is 2. The molecule has 4 nitrogen and oxygen atoms in total. The number of ether oxygens (including phenoxy) is 1. The van der Waals surface area contributed by atoms with Crippen LogP contribution in [0.1, 0.15) is 0 Å². The minimum absolute atomic E-state index is 0.115. The number of halogens is 1. The van der Waals surface area contributed by atoms with Crippen LogP contribution in [-0.2, 0) is 0 Å². The van der Waals surface area contributed by atoms with Crippen LogP contribution in [0.3, 0.4) is 0 Å². The van der Waals surface area contributed by atoms with E-state index in [1.807, 2.05) is 0 Å². The first-order valence-electron chi connectivity index (χ1n) is 4.22. The second-order valence-corrected chi connectivity index (χ2v) is 2.82. The smallest absolute Gasteiger partial charge is 0.223 e. The quantitative estimate of drug-likeness (QED) is 0.554. The van der Waals surface area contributed by atoms with E-state index in [9.17, 15) is 9.60 Å². The molecule has 0 bridgehead atoms. The molecule has 0 aliphatic heterocycles. The standard InChI is InChI=1S/C10H7FN2O2/c11-8-5-9(7-13(14)6-8)15-10-3-1-2-4-12-10/h1-7H. The van der Waals surface area contributed by atoms with E-state index in [-0.39, 0.29) is 5.75 Å². The van der Waals surface area contributed by atoms with Crippen LogP contribution < -0.4 is 9.47 Å². The van der Waals surface area contributed by atoms with Crippen LogP contribution in [0.2, 0.25) is 0 Å². The fraction of sp³-hybridized carbons (Fsp3) is 0. The lowest BCUT2D eigenvalue weighted by Gasteiger charge is -2.03. The molecule has 2 aromatic rings. The predicted octanol–water partition coefficient (Wildman–Crippen LogP) is 1.65. The van der Waals surface area contributed by atoms with E-state index in [4.69, 9.17) is 4.74 Å². The van der Waals surface area contributed by atoms with Gasteiger partial charge in [0.2, 0.25) is 18.3 Å². The maximum absolute atomic E-state index is 12.8. The molecule has 0 fully saturated rings. The van der Waals surface area contributed by atoms with E-state index < -0.39 is 5.82 Å². The summed E-state index contributed by atoms with van der Waals surface area (Å²) in [6, 6.07) is 6.18. The van der Waals surface area contributed by atoms with E-state index in [1.54, 1.807) is 24.4 Å². The monoisotopic (exact) mass is 206 g/mol. The molecule has 0 aliphatic carbocycles. The molecule has 2 rings (SSSR count). The fourth-order valence-corrected chi connectivity index (χ4v) is 1.08. The third kappa shape index (κ3) is 2.40. The highest BCUT2D eigenvalue weighted by atomic mass is 19.1. The summed E-state index contributed by atoms with van der Waals surface area (Å²) in [7, 11) is 0. The average Bonchev–Trinajstić information content (AvgIpc) is 2.17. The summed E-state index contributed by atoms with van der Waals surface area (Å²) in [6.45, 7) is 0. The third-order valence-corrected chi connectivity index (χ3v) is 1.65. The van der Waals surface area contributed by atoms with E-state index in [2.05, 4.69) is 4.98 Å². The lowest BCUT2D eigenvalue weighted by Crippen LogP contribution is -2.25. The predicted molar refractivity (Wildman–Crippen MR) is 49.7 cm³/mol. The van der Waals surface area contributed by atoms with E-state index in [0.29, 0.717) is 10.6 Å². The van der Waals surface area contributed by atoms with Gasteiger partial charge in [0.25, 0.3) is 0 Å². The van der Waals surface area contributed by atoms with Gasteiger partial charge in [-0.15, -0.1) is 0 Å². The molecule has 0 radical (unpaired) electrons. The number of hydrogen-bond acceptors (Lipinski definition) is 3. The van der Waals surface area contributed by atoms with Crippen molar-refractivity contribution in [2.24, 2.45) is 0 Å². The van der Waals surface area contributed by atoms with Gasteiger partial charge in [0, 0.05) is 18.3 Å². The van der Waals surface area contributed by atoms with Crippen LogP contribution >= 0.6 is 0 Å². The van der Waals surface area contributed by atoms with Crippen LogP contribution in [-0.4, -0.2) is 4.98 Å². The molecule has 0 saturated heterocycles. The zero-order valence-corrected chi connectivity index (χ0v) is 7.63. The molecular weight excluding hydrogens is 199 g/mol. The molecule has 0 unspecified atom stereocenters. The maximum atomic E-state index is 12.8. The van der Waals surface area contributed by atoms with Gasteiger partial charge in [0.15, 0.2) is 11.6 Å². The highest BCUT2D eigenvalue weighted by Crippen LogP contribution is 2.17. The van der Waals surface area contributed by atoms with Crippen molar-refractivity contribution in [1.82, 2.24) is 4.98 Å². The van der Waals surface area contributed by atoms with Crippen LogP contribution in [0.4, 0.5) is 4.39 Å². The Bertz CT molecular complexity index is 442. The SMILES string of the molecule is [O-][n+]1cc(F)cc(Oc2ccccn2)c1. The normalized spacial score (nSPS) is 9.93. The highest BCUT2D eigenvalue weighted by Gasteiger charge is 2.05. The van der Waals surface area contributed by atoms with E-state index in [0.717, 1.165) is 18.5 Å². The van der Waals surface area contributed by atoms with Crippen LogP contribution in [0.5, 0.6) is 11.6 Å². The van der Waals surface area contributed by atoms with Gasteiger partial charge in [-0.1, -0.05) is 6.07 Å². The number of rotatable bonds is 2. The molecule has 2 aromatic heterocycles. The molecule has 0 spiro atoms. The van der Waals surface area contributed by atoms with Crippen LogP contribution in [0.25, 0.3) is 0 Å². The second kappa shape index (κ2) is 3.91. The lowest BCUT2D eigenvalue weighted by molar-refractivity contribution is -0.607. The third-order valence-electron chi connectivity index (χ3n) is 1.65. The van der Waals surface area contributed by atoms with E-state index in [1.165, 1.54) is 0 Å². The summed E-state index contributed by atoms with van der Waals surface area (Å²) < 4.78 is 18.3. The zero-order valence-electron chi connectivity index (χ0n) is 7.63. The van der Waals surface area contributed by atoms with Gasteiger partial charge in [0.1, 0.15) is 0 Å². The van der Waals surface area contributed by atoms with Crippen LogP contribution in [0, 0.1) is 11.0 Å². The molecule has 76 valence electrons. The average molecular weight is 206 g/mol. The summed E-state index contributed by atoms with van der Waals surface area (Å²) in [4.78, 5) is 3.88. The summed E-state index contributed by atoms with van der Waals surface area (Å²) in [6.07, 6.45) is 3.48. The molecule has 2 heterocycles. The van der Waals surface area contributed by atoms with Crippen molar-refractivity contribution in [2.75, 3.05) is 0 Å². The molecule has 5 heteroatoms. The first-order valence-corrected chi connectivity index (χ1v) is 4.22. The largest absolute Gasteiger partial charge is 0.619 e.